The largest absolute Gasteiger partial charge is 0.352 e. The highest BCUT2D eigenvalue weighted by Gasteiger charge is 2.25. The predicted molar refractivity (Wildman–Crippen MR) is 105 cm³/mol. The van der Waals surface area contributed by atoms with Crippen LogP contribution in [0.2, 0.25) is 0 Å². The van der Waals surface area contributed by atoms with Crippen LogP contribution in [-0.4, -0.2) is 16.5 Å². The van der Waals surface area contributed by atoms with E-state index in [2.05, 4.69) is 5.32 Å². The van der Waals surface area contributed by atoms with Crippen molar-refractivity contribution in [3.63, 3.8) is 0 Å². The Labute approximate surface area is 160 Å². The van der Waals surface area contributed by atoms with Crippen molar-refractivity contribution in [2.45, 2.75) is 44.8 Å². The average Bonchev–Trinajstić information content (AvgIpc) is 3.01. The van der Waals surface area contributed by atoms with Crippen molar-refractivity contribution < 1.29 is 4.79 Å². The molecule has 0 bridgehead atoms. The molecule has 0 aliphatic heterocycles. The second-order valence-electron chi connectivity index (χ2n) is 6.82. The van der Waals surface area contributed by atoms with Crippen LogP contribution in [-0.2, 0) is 17.9 Å². The highest BCUT2D eigenvalue weighted by molar-refractivity contribution is 5.85. The molecule has 0 unspecified atom stereocenters. The number of benzene rings is 1. The summed E-state index contributed by atoms with van der Waals surface area (Å²) in [4.78, 5) is 23.8. The van der Waals surface area contributed by atoms with E-state index in [4.69, 9.17) is 5.73 Å². The van der Waals surface area contributed by atoms with E-state index in [0.717, 1.165) is 30.4 Å². The van der Waals surface area contributed by atoms with Crippen LogP contribution < -0.4 is 16.6 Å². The maximum atomic E-state index is 12.1. The fourth-order valence-electron chi connectivity index (χ4n) is 3.38. The highest BCUT2D eigenvalue weighted by Crippen LogP contribution is 2.26. The molecule has 2 atom stereocenters. The van der Waals surface area contributed by atoms with Crippen LogP contribution in [0.3, 0.4) is 0 Å². The van der Waals surface area contributed by atoms with Crippen LogP contribution in [0.4, 0.5) is 0 Å². The molecule has 1 fully saturated rings. The quantitative estimate of drug-likeness (QED) is 0.814. The lowest BCUT2D eigenvalue weighted by Gasteiger charge is -2.14. The second kappa shape index (κ2) is 9.55. The van der Waals surface area contributed by atoms with Gasteiger partial charge >= 0.3 is 0 Å². The van der Waals surface area contributed by atoms with Crippen LogP contribution in [0.15, 0.2) is 53.5 Å². The van der Waals surface area contributed by atoms with Crippen molar-refractivity contribution in [2.24, 2.45) is 11.7 Å². The standard InChI is InChI=1S/C20H25N3O2.ClH/c21-18-5-3-4-17(18)12-19(24)22-13-15-7-9-16(10-8-15)14-23-11-2-1-6-20(23)25;/h1-2,6-11,17-18H,3-5,12-14,21H2,(H,22,24);1H/t17-,18+;/m0./s1. The Hall–Kier alpha value is -2.11. The summed E-state index contributed by atoms with van der Waals surface area (Å²) < 4.78 is 1.67. The molecule has 1 heterocycles. The van der Waals surface area contributed by atoms with Crippen molar-refractivity contribution in [1.29, 1.82) is 0 Å². The zero-order valence-electron chi connectivity index (χ0n) is 14.8. The molecule has 1 saturated carbocycles. The Bertz CT molecular complexity index is 773. The molecular weight excluding hydrogens is 350 g/mol. The van der Waals surface area contributed by atoms with Gasteiger partial charge in [-0.25, -0.2) is 0 Å². The van der Waals surface area contributed by atoms with Gasteiger partial charge in [0, 0.05) is 31.3 Å². The van der Waals surface area contributed by atoms with Crippen molar-refractivity contribution in [2.75, 3.05) is 0 Å². The summed E-state index contributed by atoms with van der Waals surface area (Å²) in [5.74, 6) is 0.397. The third-order valence-electron chi connectivity index (χ3n) is 4.93. The lowest BCUT2D eigenvalue weighted by Crippen LogP contribution is -2.31. The Kier molecular flexibility index (Phi) is 7.42. The lowest BCUT2D eigenvalue weighted by molar-refractivity contribution is -0.122. The van der Waals surface area contributed by atoms with E-state index in [-0.39, 0.29) is 29.9 Å². The van der Waals surface area contributed by atoms with Crippen molar-refractivity contribution in [3.8, 4) is 0 Å². The smallest absolute Gasteiger partial charge is 0.250 e. The Morgan fingerprint density at radius 2 is 1.85 bits per heavy atom. The molecule has 140 valence electrons. The molecule has 5 nitrogen and oxygen atoms in total. The molecule has 0 saturated heterocycles. The number of nitrogens with two attached hydrogens (primary N) is 1. The Balaban J connectivity index is 0.00000243. The topological polar surface area (TPSA) is 77.1 Å². The SMILES string of the molecule is Cl.N[C@@H]1CCC[C@H]1CC(=O)NCc1ccc(Cn2ccccc2=O)cc1. The zero-order chi connectivity index (χ0) is 17.6. The van der Waals surface area contributed by atoms with Gasteiger partial charge in [0.2, 0.25) is 5.91 Å². The van der Waals surface area contributed by atoms with Crippen LogP contribution in [0.25, 0.3) is 0 Å². The summed E-state index contributed by atoms with van der Waals surface area (Å²) in [5, 5.41) is 2.97. The first-order chi connectivity index (χ1) is 12.1. The number of nitrogens with zero attached hydrogens (tertiary/aromatic N) is 1. The third kappa shape index (κ3) is 5.44. The summed E-state index contributed by atoms with van der Waals surface area (Å²) in [6, 6.07) is 13.3. The number of nitrogens with one attached hydrogen (secondary N) is 1. The molecule has 26 heavy (non-hydrogen) atoms. The maximum absolute atomic E-state index is 12.1. The number of hydrogen-bond acceptors (Lipinski definition) is 3. The van der Waals surface area contributed by atoms with Gasteiger partial charge in [0.1, 0.15) is 0 Å². The van der Waals surface area contributed by atoms with E-state index in [1.54, 1.807) is 22.9 Å². The molecule has 1 amide bonds. The monoisotopic (exact) mass is 375 g/mol. The van der Waals surface area contributed by atoms with Crippen LogP contribution in [0.1, 0.15) is 36.8 Å². The molecule has 1 aromatic heterocycles. The van der Waals surface area contributed by atoms with Crippen molar-refractivity contribution in [1.82, 2.24) is 9.88 Å². The normalized spacial score (nSPS) is 19.0. The lowest BCUT2D eigenvalue weighted by atomic mass is 10.00. The van der Waals surface area contributed by atoms with Gasteiger partial charge in [-0.3, -0.25) is 9.59 Å². The van der Waals surface area contributed by atoms with Crippen molar-refractivity contribution in [3.05, 3.63) is 70.1 Å². The number of rotatable bonds is 6. The van der Waals surface area contributed by atoms with Gasteiger partial charge in [-0.05, 0) is 36.0 Å². The first-order valence-corrected chi connectivity index (χ1v) is 8.87. The molecule has 1 aliphatic rings. The van der Waals surface area contributed by atoms with Gasteiger partial charge in [0.15, 0.2) is 0 Å². The van der Waals surface area contributed by atoms with E-state index in [9.17, 15) is 9.59 Å². The first kappa shape index (κ1) is 20.2. The molecule has 3 rings (SSSR count). The zero-order valence-corrected chi connectivity index (χ0v) is 15.6. The first-order valence-electron chi connectivity index (χ1n) is 8.87. The number of pyridine rings is 1. The molecule has 0 spiro atoms. The minimum Gasteiger partial charge on any atom is -0.352 e. The summed E-state index contributed by atoms with van der Waals surface area (Å²) >= 11 is 0. The number of carbonyl (C=O) groups excluding carboxylic acids is 1. The molecule has 2 aromatic rings. The van der Waals surface area contributed by atoms with Crippen molar-refractivity contribution >= 4 is 18.3 Å². The summed E-state index contributed by atoms with van der Waals surface area (Å²) in [6.07, 6.45) is 5.53. The van der Waals surface area contributed by atoms with E-state index in [0.29, 0.717) is 25.4 Å². The number of hydrogen-bond donors (Lipinski definition) is 2. The van der Waals surface area contributed by atoms with E-state index < -0.39 is 0 Å². The van der Waals surface area contributed by atoms with Gasteiger partial charge < -0.3 is 15.6 Å². The average molecular weight is 376 g/mol. The maximum Gasteiger partial charge on any atom is 0.250 e. The molecule has 3 N–H and O–H groups in total. The van der Waals surface area contributed by atoms with E-state index in [1.165, 1.54) is 0 Å². The molecular formula is C20H26ClN3O2. The van der Waals surface area contributed by atoms with Gasteiger partial charge in [-0.15, -0.1) is 12.4 Å². The van der Waals surface area contributed by atoms with Gasteiger partial charge in [0.05, 0.1) is 6.54 Å². The summed E-state index contributed by atoms with van der Waals surface area (Å²) in [5.41, 5.74) is 8.12. The van der Waals surface area contributed by atoms with Gasteiger partial charge in [-0.2, -0.15) is 0 Å². The summed E-state index contributed by atoms with van der Waals surface area (Å²) in [7, 11) is 0. The Morgan fingerprint density at radius 1 is 1.12 bits per heavy atom. The van der Waals surface area contributed by atoms with Gasteiger partial charge in [-0.1, -0.05) is 36.8 Å². The number of carbonyl (C=O) groups is 1. The fraction of sp³-hybridized carbons (Fsp3) is 0.400. The van der Waals surface area contributed by atoms with Crippen LogP contribution in [0, 0.1) is 5.92 Å². The molecule has 6 heteroatoms. The van der Waals surface area contributed by atoms with E-state index in [1.807, 2.05) is 30.3 Å². The molecule has 1 aromatic carbocycles. The number of amides is 1. The number of halogens is 1. The second-order valence-corrected chi connectivity index (χ2v) is 6.82. The Morgan fingerprint density at radius 3 is 2.50 bits per heavy atom. The minimum absolute atomic E-state index is 0. The highest BCUT2D eigenvalue weighted by atomic mass is 35.5. The van der Waals surface area contributed by atoms with Crippen LogP contribution in [0.5, 0.6) is 0 Å². The minimum atomic E-state index is -0.0102. The predicted octanol–water partition coefficient (Wildman–Crippen LogP) is 2.45. The third-order valence-corrected chi connectivity index (χ3v) is 4.93. The molecule has 0 radical (unpaired) electrons. The van der Waals surface area contributed by atoms with Gasteiger partial charge in [0.25, 0.3) is 5.56 Å². The fourth-order valence-corrected chi connectivity index (χ4v) is 3.38. The number of aromatic nitrogens is 1. The van der Waals surface area contributed by atoms with E-state index >= 15 is 0 Å². The molecule has 1 aliphatic carbocycles. The summed E-state index contributed by atoms with van der Waals surface area (Å²) in [6.45, 7) is 1.07. The van der Waals surface area contributed by atoms with Crippen LogP contribution >= 0.6 is 12.4 Å².